The van der Waals surface area contributed by atoms with Crippen LogP contribution in [0, 0.1) is 0 Å². The molecule has 0 atom stereocenters. The zero-order chi connectivity index (χ0) is 23.6. The van der Waals surface area contributed by atoms with Crippen molar-refractivity contribution < 1.29 is 19.0 Å². The number of nitrogens with zero attached hydrogens (tertiary/aromatic N) is 1. The fraction of sp³-hybridized carbons (Fsp3) is 0.200. The van der Waals surface area contributed by atoms with Crippen molar-refractivity contribution >= 4 is 35.3 Å². The predicted molar refractivity (Wildman–Crippen MR) is 131 cm³/mol. The predicted octanol–water partition coefficient (Wildman–Crippen LogP) is 6.13. The summed E-state index contributed by atoms with van der Waals surface area (Å²) < 4.78 is 17.0. The first-order valence-electron chi connectivity index (χ1n) is 10.4. The average Bonchev–Trinajstić information content (AvgIpc) is 2.80. The third kappa shape index (κ3) is 6.88. The molecule has 0 heterocycles. The van der Waals surface area contributed by atoms with Crippen LogP contribution in [-0.4, -0.2) is 25.3 Å². The first-order valence-corrected chi connectivity index (χ1v) is 11.2. The number of hydrogen-bond donors (Lipinski definition) is 1. The van der Waals surface area contributed by atoms with Crippen molar-refractivity contribution in [2.24, 2.45) is 5.10 Å². The van der Waals surface area contributed by atoms with Gasteiger partial charge in [0.25, 0.3) is 5.91 Å². The molecule has 8 heteroatoms. The number of hydrogen-bond acceptors (Lipinski definition) is 5. The minimum absolute atomic E-state index is 0.241. The molecule has 0 saturated heterocycles. The Labute approximate surface area is 203 Å². The van der Waals surface area contributed by atoms with Crippen molar-refractivity contribution in [1.29, 1.82) is 0 Å². The van der Waals surface area contributed by atoms with Gasteiger partial charge >= 0.3 is 0 Å². The Balaban J connectivity index is 1.69. The van der Waals surface area contributed by atoms with E-state index in [1.807, 2.05) is 32.0 Å². The van der Waals surface area contributed by atoms with E-state index >= 15 is 0 Å². The van der Waals surface area contributed by atoms with Crippen LogP contribution >= 0.6 is 23.2 Å². The summed E-state index contributed by atoms with van der Waals surface area (Å²) in [7, 11) is 0. The summed E-state index contributed by atoms with van der Waals surface area (Å²) in [6.07, 6.45) is 1.48. The molecule has 1 N–H and O–H groups in total. The minimum Gasteiger partial charge on any atom is -0.494 e. The summed E-state index contributed by atoms with van der Waals surface area (Å²) in [6, 6.07) is 17.6. The zero-order valence-electron chi connectivity index (χ0n) is 18.3. The van der Waals surface area contributed by atoms with Crippen LogP contribution in [0.3, 0.4) is 0 Å². The topological polar surface area (TPSA) is 69.2 Å². The van der Waals surface area contributed by atoms with Crippen LogP contribution < -0.4 is 19.6 Å². The standard InChI is InChI=1S/C25H24Cl2N2O4/c1-3-31-20-11-9-18(10-12-20)25(30)29-28-15-17-13-22(27)24(23(14-17)32-4-2)33-16-19-7-5-6-8-21(19)26/h5-15H,3-4,16H2,1-2H3,(H,29,30)/b28-15-. The van der Waals surface area contributed by atoms with Gasteiger partial charge in [-0.2, -0.15) is 5.10 Å². The Kier molecular flexibility index (Phi) is 8.98. The van der Waals surface area contributed by atoms with Crippen LogP contribution in [0.4, 0.5) is 0 Å². The molecule has 33 heavy (non-hydrogen) atoms. The Morgan fingerprint density at radius 3 is 2.36 bits per heavy atom. The molecule has 0 fully saturated rings. The van der Waals surface area contributed by atoms with Gasteiger partial charge in [0.1, 0.15) is 12.4 Å². The van der Waals surface area contributed by atoms with E-state index in [2.05, 4.69) is 10.5 Å². The second kappa shape index (κ2) is 12.1. The summed E-state index contributed by atoms with van der Waals surface area (Å²) >= 11 is 12.7. The first-order chi connectivity index (χ1) is 16.0. The van der Waals surface area contributed by atoms with Gasteiger partial charge in [-0.05, 0) is 61.9 Å². The van der Waals surface area contributed by atoms with Crippen LogP contribution in [0.25, 0.3) is 0 Å². The highest BCUT2D eigenvalue weighted by Gasteiger charge is 2.13. The van der Waals surface area contributed by atoms with Gasteiger partial charge in [0.15, 0.2) is 11.5 Å². The van der Waals surface area contributed by atoms with Crippen molar-refractivity contribution in [1.82, 2.24) is 5.43 Å². The number of amides is 1. The van der Waals surface area contributed by atoms with Crippen LogP contribution in [-0.2, 0) is 6.61 Å². The van der Waals surface area contributed by atoms with Gasteiger partial charge < -0.3 is 14.2 Å². The van der Waals surface area contributed by atoms with E-state index < -0.39 is 0 Å². The lowest BCUT2D eigenvalue weighted by atomic mass is 10.2. The van der Waals surface area contributed by atoms with Gasteiger partial charge in [0.05, 0.1) is 24.5 Å². The number of benzene rings is 3. The number of carbonyl (C=O) groups excluding carboxylic acids is 1. The van der Waals surface area contributed by atoms with Crippen LogP contribution in [0.2, 0.25) is 10.0 Å². The molecule has 1 amide bonds. The van der Waals surface area contributed by atoms with Gasteiger partial charge in [-0.1, -0.05) is 41.4 Å². The lowest BCUT2D eigenvalue weighted by molar-refractivity contribution is 0.0955. The summed E-state index contributed by atoms with van der Waals surface area (Å²) in [5.41, 5.74) is 4.44. The monoisotopic (exact) mass is 486 g/mol. The molecule has 0 radical (unpaired) electrons. The van der Waals surface area contributed by atoms with E-state index in [0.29, 0.717) is 51.6 Å². The number of nitrogens with one attached hydrogen (secondary N) is 1. The smallest absolute Gasteiger partial charge is 0.271 e. The molecule has 6 nitrogen and oxygen atoms in total. The molecular weight excluding hydrogens is 463 g/mol. The van der Waals surface area contributed by atoms with Crippen molar-refractivity contribution in [3.8, 4) is 17.2 Å². The number of hydrazone groups is 1. The third-order valence-corrected chi connectivity index (χ3v) is 5.12. The maximum absolute atomic E-state index is 12.3. The fourth-order valence-corrected chi connectivity index (χ4v) is 3.39. The van der Waals surface area contributed by atoms with Crippen molar-refractivity contribution in [2.45, 2.75) is 20.5 Å². The van der Waals surface area contributed by atoms with Crippen LogP contribution in [0.15, 0.2) is 65.8 Å². The molecule has 0 spiro atoms. The van der Waals surface area contributed by atoms with Gasteiger partial charge in [0, 0.05) is 16.1 Å². The second-order valence-corrected chi connectivity index (χ2v) is 7.61. The van der Waals surface area contributed by atoms with Crippen LogP contribution in [0.5, 0.6) is 17.2 Å². The Morgan fingerprint density at radius 1 is 0.939 bits per heavy atom. The largest absolute Gasteiger partial charge is 0.494 e. The van der Waals surface area contributed by atoms with E-state index in [4.69, 9.17) is 37.4 Å². The quantitative estimate of drug-likeness (QED) is 0.276. The molecule has 0 aliphatic rings. The lowest BCUT2D eigenvalue weighted by Gasteiger charge is -2.15. The van der Waals surface area contributed by atoms with E-state index in [1.54, 1.807) is 42.5 Å². The number of rotatable bonds is 10. The minimum atomic E-state index is -0.342. The molecule has 172 valence electrons. The van der Waals surface area contributed by atoms with E-state index in [-0.39, 0.29) is 12.5 Å². The SMILES string of the molecule is CCOc1ccc(C(=O)N/N=C\c2cc(Cl)c(OCc3ccccc3Cl)c(OCC)c2)cc1. The summed E-state index contributed by atoms with van der Waals surface area (Å²) in [5, 5.41) is 4.99. The van der Waals surface area contributed by atoms with Crippen molar-refractivity contribution in [2.75, 3.05) is 13.2 Å². The van der Waals surface area contributed by atoms with Crippen molar-refractivity contribution in [3.63, 3.8) is 0 Å². The maximum Gasteiger partial charge on any atom is 0.271 e. The number of ether oxygens (including phenoxy) is 3. The molecule has 0 bridgehead atoms. The summed E-state index contributed by atoms with van der Waals surface area (Å²) in [5.74, 6) is 1.24. The molecular formula is C25H24Cl2N2O4. The fourth-order valence-electron chi connectivity index (χ4n) is 2.93. The molecule has 0 unspecified atom stereocenters. The Bertz CT molecular complexity index is 1120. The molecule has 3 aromatic rings. The number of carbonyl (C=O) groups is 1. The van der Waals surface area contributed by atoms with E-state index in [9.17, 15) is 4.79 Å². The molecule has 0 aliphatic carbocycles. The van der Waals surface area contributed by atoms with Gasteiger partial charge in [-0.25, -0.2) is 5.43 Å². The average molecular weight is 487 g/mol. The molecule has 3 aromatic carbocycles. The molecule has 0 saturated carbocycles. The maximum atomic E-state index is 12.3. The van der Waals surface area contributed by atoms with E-state index in [1.165, 1.54) is 6.21 Å². The Morgan fingerprint density at radius 2 is 1.67 bits per heavy atom. The third-order valence-electron chi connectivity index (χ3n) is 4.47. The summed E-state index contributed by atoms with van der Waals surface area (Å²) in [6.45, 7) is 4.99. The normalized spacial score (nSPS) is 10.8. The second-order valence-electron chi connectivity index (χ2n) is 6.80. The molecule has 3 rings (SSSR count). The highest BCUT2D eigenvalue weighted by molar-refractivity contribution is 6.32. The number of halogens is 2. The van der Waals surface area contributed by atoms with Crippen LogP contribution in [0.1, 0.15) is 35.3 Å². The van der Waals surface area contributed by atoms with Crippen molar-refractivity contribution in [3.05, 3.63) is 87.4 Å². The first kappa shape index (κ1) is 24.4. The van der Waals surface area contributed by atoms with Gasteiger partial charge in [0.2, 0.25) is 0 Å². The zero-order valence-corrected chi connectivity index (χ0v) is 19.8. The highest BCUT2D eigenvalue weighted by atomic mass is 35.5. The lowest BCUT2D eigenvalue weighted by Crippen LogP contribution is -2.17. The van der Waals surface area contributed by atoms with Gasteiger partial charge in [-0.15, -0.1) is 0 Å². The highest BCUT2D eigenvalue weighted by Crippen LogP contribution is 2.37. The molecule has 0 aliphatic heterocycles. The van der Waals surface area contributed by atoms with E-state index in [0.717, 1.165) is 5.56 Å². The molecule has 0 aromatic heterocycles. The van der Waals surface area contributed by atoms with Gasteiger partial charge in [-0.3, -0.25) is 4.79 Å². The Hall–Kier alpha value is -3.22. The summed E-state index contributed by atoms with van der Waals surface area (Å²) in [4.78, 5) is 12.3.